The second kappa shape index (κ2) is 4.33. The molecule has 0 spiro atoms. The third kappa shape index (κ3) is 1.99. The van der Waals surface area contributed by atoms with Crippen molar-refractivity contribution < 1.29 is 15.3 Å². The van der Waals surface area contributed by atoms with E-state index in [9.17, 15) is 15.3 Å². The molecule has 0 aliphatic heterocycles. The van der Waals surface area contributed by atoms with Crippen LogP contribution in [0.3, 0.4) is 0 Å². The number of benzene rings is 1. The molecule has 0 heterocycles. The number of hydrogen-bond acceptors (Lipinski definition) is 3. The molecule has 1 rings (SSSR count). The van der Waals surface area contributed by atoms with Crippen molar-refractivity contribution in [3.8, 4) is 11.5 Å². The zero-order chi connectivity index (χ0) is 10.7. The first-order chi connectivity index (χ1) is 6.57. The monoisotopic (exact) mass is 196 g/mol. The number of phenols is 2. The summed E-state index contributed by atoms with van der Waals surface area (Å²) in [5, 5.41) is 28.6. The maximum absolute atomic E-state index is 9.75. The van der Waals surface area contributed by atoms with E-state index in [0.717, 1.165) is 6.42 Å². The minimum absolute atomic E-state index is 0.0156. The van der Waals surface area contributed by atoms with Crippen LogP contribution in [0, 0.1) is 0 Å². The largest absolute Gasteiger partial charge is 0.508 e. The van der Waals surface area contributed by atoms with Crippen LogP contribution in [0.2, 0.25) is 0 Å². The second-order valence-electron chi connectivity index (χ2n) is 3.43. The molecule has 3 nitrogen and oxygen atoms in total. The van der Waals surface area contributed by atoms with E-state index >= 15 is 0 Å². The van der Waals surface area contributed by atoms with Gasteiger partial charge in [-0.05, 0) is 25.5 Å². The standard InChI is InChI=1S/C11H16O3/c1-3-4-9-10(13)6-5-8(7(2)12)11(9)14/h5-7,12-14H,3-4H2,1-2H3. The van der Waals surface area contributed by atoms with Gasteiger partial charge in [0.25, 0.3) is 0 Å². The van der Waals surface area contributed by atoms with Crippen molar-refractivity contribution in [2.45, 2.75) is 32.8 Å². The van der Waals surface area contributed by atoms with Gasteiger partial charge in [0, 0.05) is 11.1 Å². The third-order valence-electron chi connectivity index (χ3n) is 2.24. The summed E-state index contributed by atoms with van der Waals surface area (Å²) in [4.78, 5) is 0. The summed E-state index contributed by atoms with van der Waals surface area (Å²) in [5.74, 6) is 0.107. The van der Waals surface area contributed by atoms with Crippen molar-refractivity contribution in [2.24, 2.45) is 0 Å². The molecular formula is C11H16O3. The Morgan fingerprint density at radius 1 is 1.29 bits per heavy atom. The van der Waals surface area contributed by atoms with E-state index in [4.69, 9.17) is 0 Å². The van der Waals surface area contributed by atoms with Crippen LogP contribution >= 0.6 is 0 Å². The molecule has 0 saturated carbocycles. The summed E-state index contributed by atoms with van der Waals surface area (Å²) < 4.78 is 0. The summed E-state index contributed by atoms with van der Waals surface area (Å²) in [6, 6.07) is 3.04. The third-order valence-corrected chi connectivity index (χ3v) is 2.24. The van der Waals surface area contributed by atoms with E-state index in [-0.39, 0.29) is 11.5 Å². The van der Waals surface area contributed by atoms with Gasteiger partial charge in [0.05, 0.1) is 6.10 Å². The lowest BCUT2D eigenvalue weighted by atomic mass is 10.0. The fraction of sp³-hybridized carbons (Fsp3) is 0.455. The van der Waals surface area contributed by atoms with Crippen LogP contribution in [-0.2, 0) is 6.42 Å². The number of aromatic hydroxyl groups is 2. The molecule has 1 atom stereocenters. The van der Waals surface area contributed by atoms with Crippen LogP contribution < -0.4 is 0 Å². The maximum atomic E-state index is 9.75. The van der Waals surface area contributed by atoms with Gasteiger partial charge in [0.15, 0.2) is 0 Å². The first-order valence-electron chi connectivity index (χ1n) is 4.79. The maximum Gasteiger partial charge on any atom is 0.128 e. The Bertz CT molecular complexity index is 319. The Hall–Kier alpha value is -1.22. The number of rotatable bonds is 3. The molecular weight excluding hydrogens is 180 g/mol. The Balaban J connectivity index is 3.19. The molecule has 0 fully saturated rings. The summed E-state index contributed by atoms with van der Waals surface area (Å²) in [6.45, 7) is 3.55. The molecule has 78 valence electrons. The molecule has 1 aromatic carbocycles. The smallest absolute Gasteiger partial charge is 0.128 e. The predicted octanol–water partition coefficient (Wildman–Crippen LogP) is 2.10. The van der Waals surface area contributed by atoms with Gasteiger partial charge in [0.1, 0.15) is 11.5 Å². The minimum atomic E-state index is -0.716. The van der Waals surface area contributed by atoms with Crippen LogP contribution in [0.5, 0.6) is 11.5 Å². The van der Waals surface area contributed by atoms with E-state index in [2.05, 4.69) is 0 Å². The number of hydrogen-bond donors (Lipinski definition) is 3. The lowest BCUT2D eigenvalue weighted by Gasteiger charge is -2.12. The zero-order valence-electron chi connectivity index (χ0n) is 8.49. The van der Waals surface area contributed by atoms with Crippen LogP contribution in [-0.4, -0.2) is 15.3 Å². The van der Waals surface area contributed by atoms with Crippen molar-refractivity contribution >= 4 is 0 Å². The van der Waals surface area contributed by atoms with E-state index in [0.29, 0.717) is 17.5 Å². The zero-order valence-corrected chi connectivity index (χ0v) is 8.49. The van der Waals surface area contributed by atoms with Crippen molar-refractivity contribution in [1.82, 2.24) is 0 Å². The molecule has 0 radical (unpaired) electrons. The summed E-state index contributed by atoms with van der Waals surface area (Å²) >= 11 is 0. The van der Waals surface area contributed by atoms with E-state index in [1.807, 2.05) is 6.92 Å². The van der Waals surface area contributed by atoms with Gasteiger partial charge in [-0.15, -0.1) is 0 Å². The van der Waals surface area contributed by atoms with Crippen LogP contribution in [0.4, 0.5) is 0 Å². The van der Waals surface area contributed by atoms with Crippen molar-refractivity contribution in [1.29, 1.82) is 0 Å². The minimum Gasteiger partial charge on any atom is -0.508 e. The Labute approximate surface area is 83.6 Å². The van der Waals surface area contributed by atoms with Gasteiger partial charge in [-0.3, -0.25) is 0 Å². The molecule has 1 aromatic rings. The summed E-state index contributed by atoms with van der Waals surface area (Å²) in [5.41, 5.74) is 0.983. The van der Waals surface area contributed by atoms with Crippen LogP contribution in [0.15, 0.2) is 12.1 Å². The first-order valence-corrected chi connectivity index (χ1v) is 4.79. The second-order valence-corrected chi connectivity index (χ2v) is 3.43. The molecule has 1 unspecified atom stereocenters. The normalized spacial score (nSPS) is 12.8. The highest BCUT2D eigenvalue weighted by molar-refractivity contribution is 5.49. The van der Waals surface area contributed by atoms with Gasteiger partial charge < -0.3 is 15.3 Å². The quantitative estimate of drug-likeness (QED) is 0.693. The van der Waals surface area contributed by atoms with Crippen LogP contribution in [0.1, 0.15) is 37.5 Å². The molecule has 0 aliphatic carbocycles. The average Bonchev–Trinajstić information content (AvgIpc) is 2.11. The Morgan fingerprint density at radius 2 is 1.93 bits per heavy atom. The van der Waals surface area contributed by atoms with Gasteiger partial charge in [0.2, 0.25) is 0 Å². The van der Waals surface area contributed by atoms with Crippen molar-refractivity contribution in [3.05, 3.63) is 23.3 Å². The number of aliphatic hydroxyl groups excluding tert-OH is 1. The highest BCUT2D eigenvalue weighted by Crippen LogP contribution is 2.34. The molecule has 0 bridgehead atoms. The van der Waals surface area contributed by atoms with Crippen molar-refractivity contribution in [2.75, 3.05) is 0 Å². The fourth-order valence-electron chi connectivity index (χ4n) is 1.48. The van der Waals surface area contributed by atoms with E-state index < -0.39 is 6.10 Å². The summed E-state index contributed by atoms with van der Waals surface area (Å²) in [6.07, 6.45) is 0.731. The van der Waals surface area contributed by atoms with Crippen molar-refractivity contribution in [3.63, 3.8) is 0 Å². The molecule has 14 heavy (non-hydrogen) atoms. The predicted molar refractivity (Wildman–Crippen MR) is 54.4 cm³/mol. The molecule has 3 N–H and O–H groups in total. The van der Waals surface area contributed by atoms with Gasteiger partial charge in [-0.1, -0.05) is 13.3 Å². The Kier molecular flexibility index (Phi) is 3.36. The number of aliphatic hydroxyl groups is 1. The molecule has 3 heteroatoms. The SMILES string of the molecule is CCCc1c(O)ccc(C(C)O)c1O. The lowest BCUT2D eigenvalue weighted by Crippen LogP contribution is -1.95. The van der Waals surface area contributed by atoms with Crippen LogP contribution in [0.25, 0.3) is 0 Å². The molecule has 0 aliphatic rings. The van der Waals surface area contributed by atoms with Gasteiger partial charge in [-0.25, -0.2) is 0 Å². The highest BCUT2D eigenvalue weighted by atomic mass is 16.3. The average molecular weight is 196 g/mol. The molecule has 0 amide bonds. The number of phenolic OH excluding ortho intramolecular Hbond substituents is 2. The lowest BCUT2D eigenvalue weighted by molar-refractivity contribution is 0.194. The molecule has 0 aromatic heterocycles. The van der Waals surface area contributed by atoms with E-state index in [1.54, 1.807) is 6.92 Å². The Morgan fingerprint density at radius 3 is 2.43 bits per heavy atom. The first kappa shape index (κ1) is 10.9. The van der Waals surface area contributed by atoms with Gasteiger partial charge >= 0.3 is 0 Å². The molecule has 0 saturated heterocycles. The highest BCUT2D eigenvalue weighted by Gasteiger charge is 2.14. The topological polar surface area (TPSA) is 60.7 Å². The van der Waals surface area contributed by atoms with E-state index in [1.165, 1.54) is 12.1 Å². The fourth-order valence-corrected chi connectivity index (χ4v) is 1.48. The van der Waals surface area contributed by atoms with Gasteiger partial charge in [-0.2, -0.15) is 0 Å². The summed E-state index contributed by atoms with van der Waals surface area (Å²) in [7, 11) is 0.